The van der Waals surface area contributed by atoms with Crippen LogP contribution in [-0.2, 0) is 0 Å². The van der Waals surface area contributed by atoms with Gasteiger partial charge in [0.15, 0.2) is 11.5 Å². The van der Waals surface area contributed by atoms with Gasteiger partial charge < -0.3 is 18.9 Å². The number of aromatic nitrogens is 1. The molecule has 1 aromatic heterocycles. The van der Waals surface area contributed by atoms with Gasteiger partial charge in [0.05, 0.1) is 34.1 Å². The fourth-order valence-corrected chi connectivity index (χ4v) is 2.86. The van der Waals surface area contributed by atoms with Crippen LogP contribution in [0, 0.1) is 0 Å². The van der Waals surface area contributed by atoms with Crippen molar-refractivity contribution in [3.8, 4) is 34.3 Å². The normalized spacial score (nSPS) is 10.3. The molecule has 0 saturated carbocycles. The summed E-state index contributed by atoms with van der Waals surface area (Å²) >= 11 is 0. The molecule has 0 aliphatic rings. The molecule has 0 amide bonds. The topological polar surface area (TPSA) is 66.9 Å². The fourth-order valence-electron chi connectivity index (χ4n) is 2.86. The Morgan fingerprint density at radius 1 is 0.786 bits per heavy atom. The Balaban J connectivity index is 2.01. The van der Waals surface area contributed by atoms with E-state index in [1.165, 1.54) is 21.3 Å². The minimum atomic E-state index is -0.246. The number of hydrogen-bond donors (Lipinski definition) is 0. The van der Waals surface area contributed by atoms with Crippen molar-refractivity contribution in [1.82, 2.24) is 4.98 Å². The summed E-state index contributed by atoms with van der Waals surface area (Å²) in [6.45, 7) is 0. The van der Waals surface area contributed by atoms with E-state index in [0.717, 1.165) is 11.3 Å². The highest BCUT2D eigenvalue weighted by Gasteiger charge is 2.19. The Bertz CT molecular complexity index is 975. The molecule has 0 unspecified atom stereocenters. The first kappa shape index (κ1) is 19.2. The Morgan fingerprint density at radius 3 is 2.07 bits per heavy atom. The third-order valence-electron chi connectivity index (χ3n) is 4.27. The summed E-state index contributed by atoms with van der Waals surface area (Å²) in [5.41, 5.74) is 2.25. The second-order valence-corrected chi connectivity index (χ2v) is 5.88. The Hall–Kier alpha value is -3.54. The van der Waals surface area contributed by atoms with Crippen molar-refractivity contribution in [2.45, 2.75) is 0 Å². The summed E-state index contributed by atoms with van der Waals surface area (Å²) in [5.74, 6) is 1.73. The first-order chi connectivity index (χ1) is 13.6. The van der Waals surface area contributed by atoms with E-state index in [1.54, 1.807) is 31.4 Å². The smallest absolute Gasteiger partial charge is 0.211 e. The molecule has 144 valence electrons. The van der Waals surface area contributed by atoms with Crippen molar-refractivity contribution >= 4 is 5.78 Å². The predicted octanol–water partition coefficient (Wildman–Crippen LogP) is 4.01. The largest absolute Gasteiger partial charge is 0.497 e. The predicted molar refractivity (Wildman–Crippen MR) is 106 cm³/mol. The Morgan fingerprint density at radius 2 is 1.46 bits per heavy atom. The van der Waals surface area contributed by atoms with Gasteiger partial charge in [-0.2, -0.15) is 0 Å². The lowest BCUT2D eigenvalue weighted by Crippen LogP contribution is -2.06. The maximum Gasteiger partial charge on any atom is 0.211 e. The molecule has 2 aromatic carbocycles. The van der Waals surface area contributed by atoms with Crippen LogP contribution in [0.2, 0.25) is 0 Å². The summed E-state index contributed by atoms with van der Waals surface area (Å²) < 4.78 is 21.2. The van der Waals surface area contributed by atoms with Crippen LogP contribution in [-0.4, -0.2) is 39.2 Å². The van der Waals surface area contributed by atoms with Crippen molar-refractivity contribution in [2.75, 3.05) is 28.4 Å². The van der Waals surface area contributed by atoms with Gasteiger partial charge in [-0.15, -0.1) is 0 Å². The molecule has 6 heteroatoms. The van der Waals surface area contributed by atoms with Gasteiger partial charge in [0.25, 0.3) is 0 Å². The van der Waals surface area contributed by atoms with Crippen LogP contribution in [0.15, 0.2) is 54.6 Å². The number of rotatable bonds is 7. The quantitative estimate of drug-likeness (QED) is 0.578. The highest BCUT2D eigenvalue weighted by atomic mass is 16.5. The van der Waals surface area contributed by atoms with Gasteiger partial charge in [0.1, 0.15) is 11.4 Å². The number of ketones is 1. The molecular formula is C22H21NO5. The molecule has 0 saturated heterocycles. The molecule has 28 heavy (non-hydrogen) atoms. The molecule has 6 nitrogen and oxygen atoms in total. The molecule has 0 atom stereocenters. The van der Waals surface area contributed by atoms with Crippen LogP contribution in [0.1, 0.15) is 16.1 Å². The SMILES string of the molecule is COc1cccc(-c2cccc(C(=O)c3cc(OC)c(OC)c(OC)c3)n2)c1. The van der Waals surface area contributed by atoms with Crippen LogP contribution in [0.5, 0.6) is 23.0 Å². The Labute approximate surface area is 163 Å². The number of methoxy groups -OCH3 is 4. The molecule has 0 fully saturated rings. The number of hydrogen-bond acceptors (Lipinski definition) is 6. The van der Waals surface area contributed by atoms with Crippen LogP contribution in [0.3, 0.4) is 0 Å². The van der Waals surface area contributed by atoms with Gasteiger partial charge in [-0.25, -0.2) is 4.98 Å². The second-order valence-electron chi connectivity index (χ2n) is 5.88. The Kier molecular flexibility index (Phi) is 5.79. The van der Waals surface area contributed by atoms with Crippen LogP contribution < -0.4 is 18.9 Å². The molecule has 3 aromatic rings. The van der Waals surface area contributed by atoms with Crippen LogP contribution >= 0.6 is 0 Å². The molecule has 1 heterocycles. The number of pyridine rings is 1. The van der Waals surface area contributed by atoms with Gasteiger partial charge in [-0.05, 0) is 36.4 Å². The molecule has 0 N–H and O–H groups in total. The molecular weight excluding hydrogens is 358 g/mol. The lowest BCUT2D eigenvalue weighted by atomic mass is 10.0. The highest BCUT2D eigenvalue weighted by Crippen LogP contribution is 2.38. The second kappa shape index (κ2) is 8.43. The van der Waals surface area contributed by atoms with Gasteiger partial charge in [0.2, 0.25) is 11.5 Å². The van der Waals surface area contributed by atoms with Gasteiger partial charge in [-0.3, -0.25) is 4.79 Å². The monoisotopic (exact) mass is 379 g/mol. The summed E-state index contributed by atoms with van der Waals surface area (Å²) in [6, 6.07) is 16.1. The third-order valence-corrected chi connectivity index (χ3v) is 4.27. The van der Waals surface area contributed by atoms with E-state index in [0.29, 0.717) is 34.2 Å². The van der Waals surface area contributed by atoms with Crippen molar-refractivity contribution in [2.24, 2.45) is 0 Å². The molecule has 0 aliphatic heterocycles. The summed E-state index contributed by atoms with van der Waals surface area (Å²) in [7, 11) is 6.14. The number of carbonyl (C=O) groups excluding carboxylic acids is 1. The number of benzene rings is 2. The van der Waals surface area contributed by atoms with E-state index in [9.17, 15) is 4.79 Å². The third kappa shape index (κ3) is 3.76. The van der Waals surface area contributed by atoms with Gasteiger partial charge >= 0.3 is 0 Å². The lowest BCUT2D eigenvalue weighted by Gasteiger charge is -2.13. The average Bonchev–Trinajstić information content (AvgIpc) is 2.77. The highest BCUT2D eigenvalue weighted by molar-refractivity contribution is 6.08. The van der Waals surface area contributed by atoms with Crippen molar-refractivity contribution in [1.29, 1.82) is 0 Å². The zero-order valence-corrected chi connectivity index (χ0v) is 16.2. The van der Waals surface area contributed by atoms with E-state index >= 15 is 0 Å². The summed E-state index contributed by atoms with van der Waals surface area (Å²) in [6.07, 6.45) is 0. The van der Waals surface area contributed by atoms with Crippen molar-refractivity contribution in [3.05, 3.63) is 65.9 Å². The van der Waals surface area contributed by atoms with E-state index in [2.05, 4.69) is 4.98 Å². The van der Waals surface area contributed by atoms with Gasteiger partial charge in [0, 0.05) is 11.1 Å². The minimum Gasteiger partial charge on any atom is -0.497 e. The van der Waals surface area contributed by atoms with E-state index < -0.39 is 0 Å². The molecule has 0 radical (unpaired) electrons. The number of ether oxygens (including phenoxy) is 4. The summed E-state index contributed by atoms with van der Waals surface area (Å²) in [5, 5.41) is 0. The minimum absolute atomic E-state index is 0.246. The maximum atomic E-state index is 13.0. The first-order valence-corrected chi connectivity index (χ1v) is 8.57. The molecule has 0 aliphatic carbocycles. The lowest BCUT2D eigenvalue weighted by molar-refractivity contribution is 0.103. The zero-order chi connectivity index (χ0) is 20.1. The van der Waals surface area contributed by atoms with Crippen LogP contribution in [0.4, 0.5) is 0 Å². The first-order valence-electron chi connectivity index (χ1n) is 8.57. The number of nitrogens with zero attached hydrogens (tertiary/aromatic N) is 1. The molecule has 3 rings (SSSR count). The molecule has 0 bridgehead atoms. The van der Waals surface area contributed by atoms with Gasteiger partial charge in [-0.1, -0.05) is 18.2 Å². The van der Waals surface area contributed by atoms with Crippen molar-refractivity contribution in [3.63, 3.8) is 0 Å². The van der Waals surface area contributed by atoms with Crippen LogP contribution in [0.25, 0.3) is 11.3 Å². The standard InChI is InChI=1S/C22H21NO5/c1-25-16-8-5-7-14(11-16)17-9-6-10-18(23-17)21(24)15-12-19(26-2)22(28-4)20(13-15)27-3/h5-13H,1-4H3. The maximum absolute atomic E-state index is 13.0. The summed E-state index contributed by atoms with van der Waals surface area (Å²) in [4.78, 5) is 17.6. The van der Waals surface area contributed by atoms with E-state index in [1.807, 2.05) is 30.3 Å². The zero-order valence-electron chi connectivity index (χ0n) is 16.2. The number of carbonyl (C=O) groups is 1. The van der Waals surface area contributed by atoms with E-state index in [-0.39, 0.29) is 5.78 Å². The van der Waals surface area contributed by atoms with E-state index in [4.69, 9.17) is 18.9 Å². The molecule has 0 spiro atoms. The fraction of sp³-hybridized carbons (Fsp3) is 0.182. The van der Waals surface area contributed by atoms with Crippen molar-refractivity contribution < 1.29 is 23.7 Å². The average molecular weight is 379 g/mol.